The van der Waals surface area contributed by atoms with Crippen LogP contribution in [0.2, 0.25) is 0 Å². The smallest absolute Gasteiger partial charge is 0.408 e. The molecular formula is C21H40IN5O3. The maximum atomic E-state index is 12.3. The van der Waals surface area contributed by atoms with Gasteiger partial charge in [0.1, 0.15) is 11.4 Å². The van der Waals surface area contributed by atoms with Crippen LogP contribution in [0.5, 0.6) is 0 Å². The molecule has 0 atom stereocenters. The van der Waals surface area contributed by atoms with Crippen molar-refractivity contribution < 1.29 is 14.1 Å². The van der Waals surface area contributed by atoms with Crippen LogP contribution in [0, 0.1) is 13.8 Å². The molecule has 0 fully saturated rings. The fraction of sp³-hybridized carbons (Fsp3) is 0.762. The summed E-state index contributed by atoms with van der Waals surface area (Å²) in [5.74, 6) is 1.59. The quantitative estimate of drug-likeness (QED) is 0.190. The minimum Gasteiger partial charge on any atom is -0.444 e. The largest absolute Gasteiger partial charge is 0.444 e. The Balaban J connectivity index is 0.00000841. The number of carbonyl (C=O) groups excluding carboxylic acids is 1. The average molecular weight is 537 g/mol. The Hall–Kier alpha value is -1.52. The lowest BCUT2D eigenvalue weighted by Crippen LogP contribution is -2.57. The fourth-order valence-corrected chi connectivity index (χ4v) is 3.05. The van der Waals surface area contributed by atoms with Gasteiger partial charge >= 0.3 is 6.09 Å². The van der Waals surface area contributed by atoms with E-state index >= 15 is 0 Å². The van der Waals surface area contributed by atoms with Crippen LogP contribution in [-0.2, 0) is 11.2 Å². The average Bonchev–Trinajstić information content (AvgIpc) is 2.96. The van der Waals surface area contributed by atoms with Crippen molar-refractivity contribution in [2.75, 3.05) is 20.1 Å². The third kappa shape index (κ3) is 9.53. The maximum absolute atomic E-state index is 12.3. The highest BCUT2D eigenvalue weighted by Gasteiger charge is 2.30. The molecule has 1 amide bonds. The van der Waals surface area contributed by atoms with E-state index in [1.807, 2.05) is 34.6 Å². The molecule has 0 bridgehead atoms. The first-order valence-electron chi connectivity index (χ1n) is 10.4. The van der Waals surface area contributed by atoms with Crippen LogP contribution in [0.15, 0.2) is 9.52 Å². The van der Waals surface area contributed by atoms with Crippen LogP contribution in [0.3, 0.4) is 0 Å². The molecule has 3 N–H and O–H groups in total. The summed E-state index contributed by atoms with van der Waals surface area (Å²) in [5.41, 5.74) is 1.20. The second-order valence-corrected chi connectivity index (χ2v) is 8.37. The summed E-state index contributed by atoms with van der Waals surface area (Å²) in [6, 6.07) is 0. The van der Waals surface area contributed by atoms with Gasteiger partial charge in [-0.2, -0.15) is 0 Å². The summed E-state index contributed by atoms with van der Waals surface area (Å²) >= 11 is 0. The number of amides is 1. The molecule has 0 aliphatic carbocycles. The van der Waals surface area contributed by atoms with Gasteiger partial charge in [0, 0.05) is 25.7 Å². The van der Waals surface area contributed by atoms with Crippen molar-refractivity contribution >= 4 is 36.0 Å². The van der Waals surface area contributed by atoms with Gasteiger partial charge in [-0.15, -0.1) is 24.0 Å². The summed E-state index contributed by atoms with van der Waals surface area (Å²) in [6.07, 6.45) is 2.99. The predicted octanol–water partition coefficient (Wildman–Crippen LogP) is 4.09. The van der Waals surface area contributed by atoms with Crippen LogP contribution in [-0.4, -0.2) is 48.5 Å². The number of halogens is 1. The Morgan fingerprint density at radius 2 is 1.80 bits per heavy atom. The highest BCUT2D eigenvalue weighted by Crippen LogP contribution is 2.16. The summed E-state index contributed by atoms with van der Waals surface area (Å²) in [4.78, 5) is 16.6. The molecular weight excluding hydrogens is 497 g/mol. The van der Waals surface area contributed by atoms with Crippen molar-refractivity contribution in [2.24, 2.45) is 4.99 Å². The fourth-order valence-electron chi connectivity index (χ4n) is 3.05. The van der Waals surface area contributed by atoms with Gasteiger partial charge in [0.25, 0.3) is 0 Å². The molecule has 1 aromatic rings. The minimum absolute atomic E-state index is 0. The summed E-state index contributed by atoms with van der Waals surface area (Å²) in [7, 11) is 1.74. The molecule has 1 aromatic heterocycles. The number of alkyl carbamates (subject to hydrolysis) is 1. The van der Waals surface area contributed by atoms with E-state index in [4.69, 9.17) is 9.26 Å². The van der Waals surface area contributed by atoms with Crippen LogP contribution in [0.25, 0.3) is 0 Å². The monoisotopic (exact) mass is 537 g/mol. The van der Waals surface area contributed by atoms with Crippen molar-refractivity contribution in [3.05, 3.63) is 17.0 Å². The molecule has 30 heavy (non-hydrogen) atoms. The Labute approximate surface area is 198 Å². The summed E-state index contributed by atoms with van der Waals surface area (Å²) in [6.45, 7) is 14.9. The molecule has 0 saturated carbocycles. The van der Waals surface area contributed by atoms with E-state index in [-0.39, 0.29) is 24.0 Å². The Morgan fingerprint density at radius 3 is 2.27 bits per heavy atom. The van der Waals surface area contributed by atoms with Gasteiger partial charge in [0.15, 0.2) is 5.96 Å². The molecule has 0 saturated heterocycles. The number of guanidine groups is 1. The van der Waals surface area contributed by atoms with Crippen molar-refractivity contribution in [1.82, 2.24) is 21.1 Å². The van der Waals surface area contributed by atoms with Gasteiger partial charge in [-0.05, 0) is 60.3 Å². The lowest BCUT2D eigenvalue weighted by atomic mass is 9.93. The van der Waals surface area contributed by atoms with E-state index in [1.165, 1.54) is 5.56 Å². The van der Waals surface area contributed by atoms with Gasteiger partial charge in [0.2, 0.25) is 0 Å². The Bertz CT molecular complexity index is 659. The van der Waals surface area contributed by atoms with Crippen LogP contribution in [0.4, 0.5) is 4.79 Å². The van der Waals surface area contributed by atoms with Gasteiger partial charge in [-0.25, -0.2) is 4.79 Å². The van der Waals surface area contributed by atoms with E-state index in [0.29, 0.717) is 12.5 Å². The van der Waals surface area contributed by atoms with Crippen LogP contribution < -0.4 is 16.0 Å². The highest BCUT2D eigenvalue weighted by atomic mass is 127. The van der Waals surface area contributed by atoms with Crippen LogP contribution >= 0.6 is 24.0 Å². The number of nitrogens with one attached hydrogen (secondary N) is 3. The minimum atomic E-state index is -0.524. The van der Waals surface area contributed by atoms with Crippen molar-refractivity contribution in [2.45, 2.75) is 85.3 Å². The molecule has 174 valence electrons. The van der Waals surface area contributed by atoms with Crippen molar-refractivity contribution in [3.63, 3.8) is 0 Å². The normalized spacial score (nSPS) is 12.2. The lowest BCUT2D eigenvalue weighted by Gasteiger charge is -2.34. The lowest BCUT2D eigenvalue weighted by molar-refractivity contribution is 0.0448. The molecule has 0 aliphatic heterocycles. The van der Waals surface area contributed by atoms with E-state index in [2.05, 4.69) is 39.9 Å². The van der Waals surface area contributed by atoms with E-state index in [1.54, 1.807) is 7.05 Å². The van der Waals surface area contributed by atoms with Gasteiger partial charge in [-0.3, -0.25) is 4.99 Å². The van der Waals surface area contributed by atoms with E-state index in [9.17, 15) is 4.79 Å². The zero-order chi connectivity index (χ0) is 22.1. The molecule has 0 unspecified atom stereocenters. The first-order chi connectivity index (χ1) is 13.6. The number of rotatable bonds is 9. The Kier molecular flexibility index (Phi) is 12.4. The predicted molar refractivity (Wildman–Crippen MR) is 132 cm³/mol. The zero-order valence-corrected chi connectivity index (χ0v) is 22.1. The van der Waals surface area contributed by atoms with Gasteiger partial charge in [-0.1, -0.05) is 19.0 Å². The maximum Gasteiger partial charge on any atom is 0.408 e. The first kappa shape index (κ1) is 28.5. The Morgan fingerprint density at radius 1 is 1.17 bits per heavy atom. The number of hydrogen-bond donors (Lipinski definition) is 3. The molecule has 9 heteroatoms. The number of carbonyl (C=O) groups is 1. The summed E-state index contributed by atoms with van der Waals surface area (Å²) < 4.78 is 10.6. The van der Waals surface area contributed by atoms with Gasteiger partial charge in [0.05, 0.1) is 11.2 Å². The SMILES string of the molecule is CCC(CC)(CNC(=NC)NCCCc1c(C)noc1C)NC(=O)OC(C)(C)C.I. The van der Waals surface area contributed by atoms with Crippen LogP contribution in [0.1, 0.15) is 70.9 Å². The van der Waals surface area contributed by atoms with Gasteiger partial charge < -0.3 is 25.2 Å². The number of hydrogen-bond acceptors (Lipinski definition) is 5. The molecule has 8 nitrogen and oxygen atoms in total. The number of aliphatic imine (C=N–C) groups is 1. The third-order valence-corrected chi connectivity index (χ3v) is 5.01. The molecule has 0 spiro atoms. The number of aromatic nitrogens is 1. The number of nitrogens with zero attached hydrogens (tertiary/aromatic N) is 2. The second kappa shape index (κ2) is 13.0. The second-order valence-electron chi connectivity index (χ2n) is 8.37. The zero-order valence-electron chi connectivity index (χ0n) is 19.8. The number of ether oxygens (including phenoxy) is 1. The summed E-state index contributed by atoms with van der Waals surface area (Å²) in [5, 5.41) is 13.7. The first-order valence-corrected chi connectivity index (χ1v) is 10.4. The third-order valence-electron chi connectivity index (χ3n) is 5.01. The van der Waals surface area contributed by atoms with E-state index in [0.717, 1.165) is 43.7 Å². The highest BCUT2D eigenvalue weighted by molar-refractivity contribution is 14.0. The molecule has 0 aromatic carbocycles. The molecule has 1 heterocycles. The standard InChI is InChI=1S/C21H39N5O3.HI/c1-9-21(10-2,25-19(27)28-20(5,6)7)14-24-18(22-8)23-13-11-12-17-15(3)26-29-16(17)4;/h9-14H2,1-8H3,(H,25,27)(H2,22,23,24);1H. The molecule has 0 aliphatic rings. The number of aryl methyl sites for hydroxylation is 2. The molecule has 0 radical (unpaired) electrons. The van der Waals surface area contributed by atoms with E-state index < -0.39 is 17.2 Å². The molecule has 1 rings (SSSR count). The van der Waals surface area contributed by atoms with Crippen molar-refractivity contribution in [1.29, 1.82) is 0 Å². The van der Waals surface area contributed by atoms with Crippen molar-refractivity contribution in [3.8, 4) is 0 Å². The topological polar surface area (TPSA) is 101 Å².